The first-order valence-electron chi connectivity index (χ1n) is 9.09. The second kappa shape index (κ2) is 9.82. The van der Waals surface area contributed by atoms with Crippen LogP contribution in [0.5, 0.6) is 0 Å². The van der Waals surface area contributed by atoms with E-state index in [0.717, 1.165) is 17.5 Å². The number of aryl methyl sites for hydroxylation is 1. The third kappa shape index (κ3) is 5.64. The molecular weight excluding hydrogens is 417 g/mol. The first-order chi connectivity index (χ1) is 14.1. The van der Waals surface area contributed by atoms with Crippen molar-refractivity contribution in [1.82, 2.24) is 4.57 Å². The van der Waals surface area contributed by atoms with Crippen LogP contribution in [0.3, 0.4) is 0 Å². The second-order valence-electron chi connectivity index (χ2n) is 6.61. The quantitative estimate of drug-likeness (QED) is 0.553. The van der Waals surface area contributed by atoms with E-state index in [2.05, 4.69) is 0 Å². The average molecular weight is 439 g/mol. The largest absolute Gasteiger partial charge is 0.478 e. The molecule has 30 heavy (non-hydrogen) atoms. The predicted molar refractivity (Wildman–Crippen MR) is 111 cm³/mol. The van der Waals surface area contributed by atoms with Gasteiger partial charge in [-0.25, -0.2) is 4.79 Å². The Labute approximate surface area is 177 Å². The molecule has 0 fully saturated rings. The lowest BCUT2D eigenvalue weighted by Gasteiger charge is -2.16. The van der Waals surface area contributed by atoms with Gasteiger partial charge in [0, 0.05) is 16.4 Å². The Balaban J connectivity index is 0.000000269. The highest BCUT2D eigenvalue weighted by Crippen LogP contribution is 2.35. The maximum atomic E-state index is 13.0. The molecule has 0 aliphatic carbocycles. The van der Waals surface area contributed by atoms with Crippen molar-refractivity contribution < 1.29 is 23.1 Å². The fourth-order valence-electron chi connectivity index (χ4n) is 3.12. The number of nitrogens with zero attached hydrogens (tertiary/aromatic N) is 1. The SMILES string of the molecule is Cc1cc(C(=O)O)c(C)n1-c1ccccc1C(F)(F)F.NCCc1cccc(Cl)c1. The number of benzene rings is 2. The van der Waals surface area contributed by atoms with Crippen LogP contribution in [0.15, 0.2) is 54.6 Å². The number of hydrogen-bond donors (Lipinski definition) is 2. The van der Waals surface area contributed by atoms with Gasteiger partial charge in [0.15, 0.2) is 0 Å². The summed E-state index contributed by atoms with van der Waals surface area (Å²) in [6, 6.07) is 14.2. The van der Waals surface area contributed by atoms with E-state index in [1.807, 2.05) is 24.3 Å². The van der Waals surface area contributed by atoms with Crippen molar-refractivity contribution in [2.45, 2.75) is 26.4 Å². The molecule has 3 aromatic rings. The van der Waals surface area contributed by atoms with Gasteiger partial charge in [0.05, 0.1) is 16.8 Å². The lowest BCUT2D eigenvalue weighted by Crippen LogP contribution is -2.12. The summed E-state index contributed by atoms with van der Waals surface area (Å²) in [6.07, 6.45) is -3.59. The summed E-state index contributed by atoms with van der Waals surface area (Å²) in [5.74, 6) is -1.16. The number of alkyl halides is 3. The van der Waals surface area contributed by atoms with E-state index in [-0.39, 0.29) is 16.9 Å². The van der Waals surface area contributed by atoms with Gasteiger partial charge in [0.1, 0.15) is 0 Å². The summed E-state index contributed by atoms with van der Waals surface area (Å²) in [7, 11) is 0. The van der Waals surface area contributed by atoms with Crippen LogP contribution in [0.25, 0.3) is 5.69 Å². The molecule has 3 rings (SSSR count). The zero-order chi connectivity index (χ0) is 22.5. The molecule has 0 atom stereocenters. The predicted octanol–water partition coefficient (Wildman–Crippen LogP) is 5.65. The first kappa shape index (κ1) is 23.5. The molecule has 0 aliphatic rings. The van der Waals surface area contributed by atoms with Crippen molar-refractivity contribution in [2.75, 3.05) is 6.54 Å². The lowest BCUT2D eigenvalue weighted by atomic mass is 10.1. The minimum Gasteiger partial charge on any atom is -0.478 e. The normalized spacial score (nSPS) is 11.0. The van der Waals surface area contributed by atoms with Gasteiger partial charge in [-0.15, -0.1) is 0 Å². The molecule has 1 heterocycles. The van der Waals surface area contributed by atoms with Gasteiger partial charge >= 0.3 is 12.1 Å². The Bertz CT molecular complexity index is 1030. The lowest BCUT2D eigenvalue weighted by molar-refractivity contribution is -0.137. The van der Waals surface area contributed by atoms with Gasteiger partial charge in [-0.2, -0.15) is 13.2 Å². The number of aromatic carboxylic acids is 1. The van der Waals surface area contributed by atoms with Gasteiger partial charge < -0.3 is 15.4 Å². The monoisotopic (exact) mass is 438 g/mol. The summed E-state index contributed by atoms with van der Waals surface area (Å²) in [6.45, 7) is 3.75. The molecule has 0 spiro atoms. The molecule has 0 unspecified atom stereocenters. The Morgan fingerprint density at radius 2 is 1.77 bits per heavy atom. The number of carboxylic acids is 1. The molecule has 160 valence electrons. The molecule has 3 N–H and O–H groups in total. The van der Waals surface area contributed by atoms with E-state index in [9.17, 15) is 18.0 Å². The molecular formula is C22H22ClF3N2O2. The number of para-hydroxylation sites is 1. The summed E-state index contributed by atoms with van der Waals surface area (Å²) < 4.78 is 40.4. The van der Waals surface area contributed by atoms with Crippen LogP contribution >= 0.6 is 11.6 Å². The van der Waals surface area contributed by atoms with Gasteiger partial charge in [-0.05, 0) is 62.7 Å². The van der Waals surface area contributed by atoms with Gasteiger partial charge in [-0.1, -0.05) is 35.9 Å². The zero-order valence-corrected chi connectivity index (χ0v) is 17.3. The third-order valence-electron chi connectivity index (χ3n) is 4.43. The standard InChI is InChI=1S/C14H12F3NO2.C8H10ClN/c1-8-7-10(13(19)20)9(2)18(8)12-6-4-3-5-11(12)14(15,16)17;9-8-3-1-2-7(6-8)4-5-10/h3-7H,1-2H3,(H,19,20);1-3,6H,4-5,10H2. The number of carboxylic acid groups (broad SMARTS) is 1. The van der Waals surface area contributed by atoms with Crippen molar-refractivity contribution >= 4 is 17.6 Å². The fourth-order valence-corrected chi connectivity index (χ4v) is 3.33. The highest BCUT2D eigenvalue weighted by Gasteiger charge is 2.34. The molecule has 0 saturated carbocycles. The zero-order valence-electron chi connectivity index (χ0n) is 16.5. The van der Waals surface area contributed by atoms with Crippen LogP contribution in [0.2, 0.25) is 5.02 Å². The van der Waals surface area contributed by atoms with Crippen molar-refractivity contribution in [2.24, 2.45) is 5.73 Å². The smallest absolute Gasteiger partial charge is 0.418 e. The Kier molecular flexibility index (Phi) is 7.70. The van der Waals surface area contributed by atoms with Crippen molar-refractivity contribution in [3.63, 3.8) is 0 Å². The fraction of sp³-hybridized carbons (Fsp3) is 0.227. The maximum Gasteiger partial charge on any atom is 0.418 e. The maximum absolute atomic E-state index is 13.0. The Morgan fingerprint density at radius 1 is 1.10 bits per heavy atom. The number of halogens is 4. The van der Waals surface area contributed by atoms with E-state index >= 15 is 0 Å². The van der Waals surface area contributed by atoms with E-state index in [1.54, 1.807) is 6.92 Å². The molecule has 8 heteroatoms. The second-order valence-corrected chi connectivity index (χ2v) is 7.05. The third-order valence-corrected chi connectivity index (χ3v) is 4.67. The van der Waals surface area contributed by atoms with Crippen molar-refractivity contribution in [3.05, 3.63) is 87.7 Å². The summed E-state index contributed by atoms with van der Waals surface area (Å²) >= 11 is 5.74. The summed E-state index contributed by atoms with van der Waals surface area (Å²) in [4.78, 5) is 11.1. The van der Waals surface area contributed by atoms with Crippen LogP contribution in [-0.4, -0.2) is 22.2 Å². The number of carbonyl (C=O) groups is 1. The number of hydrogen-bond acceptors (Lipinski definition) is 2. The van der Waals surface area contributed by atoms with Crippen LogP contribution in [0.4, 0.5) is 13.2 Å². The minimum atomic E-state index is -4.50. The van der Waals surface area contributed by atoms with E-state index < -0.39 is 17.7 Å². The molecule has 4 nitrogen and oxygen atoms in total. The molecule has 0 aliphatic heterocycles. The number of nitrogens with two attached hydrogens (primary N) is 1. The summed E-state index contributed by atoms with van der Waals surface area (Å²) in [5.41, 5.74) is 6.42. The van der Waals surface area contributed by atoms with Crippen LogP contribution < -0.4 is 5.73 Å². The molecule has 0 bridgehead atoms. The van der Waals surface area contributed by atoms with Gasteiger partial charge in [-0.3, -0.25) is 0 Å². The van der Waals surface area contributed by atoms with Gasteiger partial charge in [0.2, 0.25) is 0 Å². The average Bonchev–Trinajstić information content (AvgIpc) is 2.96. The van der Waals surface area contributed by atoms with Crippen molar-refractivity contribution in [3.8, 4) is 5.69 Å². The highest BCUT2D eigenvalue weighted by molar-refractivity contribution is 6.30. The van der Waals surface area contributed by atoms with E-state index in [4.69, 9.17) is 22.4 Å². The Morgan fingerprint density at radius 3 is 2.30 bits per heavy atom. The van der Waals surface area contributed by atoms with E-state index in [1.165, 1.54) is 41.3 Å². The molecule has 1 aromatic heterocycles. The molecule has 2 aromatic carbocycles. The van der Waals surface area contributed by atoms with E-state index in [0.29, 0.717) is 12.2 Å². The summed E-state index contributed by atoms with van der Waals surface area (Å²) in [5, 5.41) is 9.83. The number of aromatic nitrogens is 1. The molecule has 0 saturated heterocycles. The topological polar surface area (TPSA) is 68.2 Å². The molecule has 0 amide bonds. The number of rotatable bonds is 4. The molecule has 0 radical (unpaired) electrons. The van der Waals surface area contributed by atoms with Gasteiger partial charge in [0.25, 0.3) is 0 Å². The first-order valence-corrected chi connectivity index (χ1v) is 9.47. The highest BCUT2D eigenvalue weighted by atomic mass is 35.5. The Hall–Kier alpha value is -2.77. The van der Waals surface area contributed by atoms with Crippen LogP contribution in [-0.2, 0) is 12.6 Å². The van der Waals surface area contributed by atoms with Crippen molar-refractivity contribution in [1.29, 1.82) is 0 Å². The van der Waals surface area contributed by atoms with Crippen LogP contribution in [0, 0.1) is 13.8 Å². The minimum absolute atomic E-state index is 0.000484. The van der Waals surface area contributed by atoms with Crippen LogP contribution in [0.1, 0.15) is 32.9 Å².